The number of thiophene rings is 1. The molecule has 4 aromatic heterocycles. The van der Waals surface area contributed by atoms with Gasteiger partial charge in [0.15, 0.2) is 23.3 Å². The van der Waals surface area contributed by atoms with E-state index in [1.165, 1.54) is 4.70 Å². The van der Waals surface area contributed by atoms with Crippen molar-refractivity contribution in [2.75, 3.05) is 0 Å². The van der Waals surface area contributed by atoms with E-state index in [1.807, 2.05) is 78.9 Å². The Kier molecular flexibility index (Phi) is 7.57. The first kappa shape index (κ1) is 32.1. The third-order valence-electron chi connectivity index (χ3n) is 10.2. The lowest BCUT2D eigenvalue weighted by Gasteiger charge is -2.08. The summed E-state index contributed by atoms with van der Waals surface area (Å²) < 4.78 is 8.75. The highest BCUT2D eigenvalue weighted by Gasteiger charge is 2.18. The van der Waals surface area contributed by atoms with Crippen LogP contribution >= 0.6 is 11.3 Å². The van der Waals surface area contributed by atoms with E-state index < -0.39 is 0 Å². The number of hydrogen-bond donors (Lipinski definition) is 0. The summed E-state index contributed by atoms with van der Waals surface area (Å²) in [5.74, 6) is 2.58. The fourth-order valence-electron chi connectivity index (χ4n) is 7.36. The van der Waals surface area contributed by atoms with E-state index in [2.05, 4.69) is 97.1 Å². The molecule has 0 aliphatic heterocycles. The van der Waals surface area contributed by atoms with Crippen LogP contribution in [0.2, 0.25) is 0 Å². The van der Waals surface area contributed by atoms with Crippen molar-refractivity contribution in [1.82, 2.24) is 24.9 Å². The maximum Gasteiger partial charge on any atom is 0.164 e. The number of nitrogens with zero attached hydrogens (tertiary/aromatic N) is 5. The topological polar surface area (TPSA) is 77.6 Å². The first-order valence-corrected chi connectivity index (χ1v) is 19.2. The summed E-state index contributed by atoms with van der Waals surface area (Å²) in [6.45, 7) is 0. The highest BCUT2D eigenvalue weighted by atomic mass is 32.1. The predicted molar refractivity (Wildman–Crippen MR) is 228 cm³/mol. The third-order valence-corrected chi connectivity index (χ3v) is 11.3. The minimum atomic E-state index is 0.608. The van der Waals surface area contributed by atoms with E-state index in [0.29, 0.717) is 23.3 Å². The lowest BCUT2D eigenvalue weighted by molar-refractivity contribution is 0.669. The average molecular weight is 736 g/mol. The molecule has 0 atom stereocenters. The van der Waals surface area contributed by atoms with Gasteiger partial charge in [-0.15, -0.1) is 11.3 Å². The fraction of sp³-hybridized carbons (Fsp3) is 0. The maximum atomic E-state index is 6.44. The normalized spacial score (nSPS) is 11.6. The highest BCUT2D eigenvalue weighted by molar-refractivity contribution is 7.26. The zero-order chi connectivity index (χ0) is 37.0. The zero-order valence-electron chi connectivity index (χ0n) is 29.8. The van der Waals surface area contributed by atoms with E-state index in [0.717, 1.165) is 82.2 Å². The van der Waals surface area contributed by atoms with Gasteiger partial charge in [-0.3, -0.25) is 0 Å². The van der Waals surface area contributed by atoms with Crippen molar-refractivity contribution in [1.29, 1.82) is 0 Å². The van der Waals surface area contributed by atoms with Gasteiger partial charge >= 0.3 is 0 Å². The zero-order valence-corrected chi connectivity index (χ0v) is 30.6. The van der Waals surface area contributed by atoms with Gasteiger partial charge < -0.3 is 4.42 Å². The molecule has 262 valence electrons. The van der Waals surface area contributed by atoms with Gasteiger partial charge in [-0.05, 0) is 47.5 Å². The van der Waals surface area contributed by atoms with Gasteiger partial charge in [0.25, 0.3) is 0 Å². The summed E-state index contributed by atoms with van der Waals surface area (Å²) >= 11 is 1.75. The molecule has 7 aromatic carbocycles. The Labute approximate surface area is 325 Å². The summed E-state index contributed by atoms with van der Waals surface area (Å²) in [6.07, 6.45) is 0. The molecule has 0 saturated heterocycles. The Bertz CT molecular complexity index is 3180. The predicted octanol–water partition coefficient (Wildman–Crippen LogP) is 12.9. The van der Waals surface area contributed by atoms with Crippen LogP contribution in [0.15, 0.2) is 180 Å². The number of aromatic nitrogens is 5. The highest BCUT2D eigenvalue weighted by Crippen LogP contribution is 2.40. The Morgan fingerprint density at radius 1 is 0.339 bits per heavy atom. The molecule has 0 unspecified atom stereocenters. The van der Waals surface area contributed by atoms with Crippen LogP contribution in [0.5, 0.6) is 0 Å². The summed E-state index contributed by atoms with van der Waals surface area (Å²) in [7, 11) is 0. The van der Waals surface area contributed by atoms with Crippen LogP contribution in [-0.2, 0) is 0 Å². The van der Waals surface area contributed by atoms with Crippen molar-refractivity contribution in [3.63, 3.8) is 0 Å². The standard InChI is InChI=1S/C49H29N5OS/c1-4-12-31(13-5-1)43-45-44(38-18-10-11-19-42(38)56-45)51-46(50-43)34-22-20-30(21-23-34)35-24-26-37-39-28-36(25-27-40(39)55-41(37)29-35)49-53-47(32-14-6-2-7-15-32)52-48(54-49)33-16-8-3-9-17-33/h1-29H. The smallest absolute Gasteiger partial charge is 0.164 e. The van der Waals surface area contributed by atoms with Crippen LogP contribution in [0.4, 0.5) is 0 Å². The summed E-state index contributed by atoms with van der Waals surface area (Å²) in [6, 6.07) is 59.9. The molecular formula is C49H29N5OS. The molecule has 11 aromatic rings. The van der Waals surface area contributed by atoms with Crippen LogP contribution in [0, 0.1) is 0 Å². The third kappa shape index (κ3) is 5.61. The molecule has 7 heteroatoms. The monoisotopic (exact) mass is 735 g/mol. The van der Waals surface area contributed by atoms with E-state index in [1.54, 1.807) is 11.3 Å². The molecule has 0 saturated carbocycles. The maximum absolute atomic E-state index is 6.44. The number of hydrogen-bond acceptors (Lipinski definition) is 7. The quantitative estimate of drug-likeness (QED) is 0.169. The lowest BCUT2D eigenvalue weighted by atomic mass is 10.0. The number of benzene rings is 7. The van der Waals surface area contributed by atoms with Crippen molar-refractivity contribution in [3.8, 4) is 67.9 Å². The van der Waals surface area contributed by atoms with E-state index in [-0.39, 0.29) is 0 Å². The van der Waals surface area contributed by atoms with Gasteiger partial charge in [-0.2, -0.15) is 0 Å². The fourth-order valence-corrected chi connectivity index (χ4v) is 8.51. The van der Waals surface area contributed by atoms with Crippen molar-refractivity contribution in [2.45, 2.75) is 0 Å². The largest absolute Gasteiger partial charge is 0.456 e. The van der Waals surface area contributed by atoms with Crippen LogP contribution in [0.25, 0.3) is 110 Å². The minimum absolute atomic E-state index is 0.608. The Balaban J connectivity index is 0.953. The first-order valence-electron chi connectivity index (χ1n) is 18.4. The van der Waals surface area contributed by atoms with Crippen LogP contribution in [0.1, 0.15) is 0 Å². The molecule has 0 radical (unpaired) electrons. The lowest BCUT2D eigenvalue weighted by Crippen LogP contribution is -2.00. The summed E-state index contributed by atoms with van der Waals surface area (Å²) in [5, 5.41) is 3.18. The number of rotatable bonds is 6. The van der Waals surface area contributed by atoms with Gasteiger partial charge in [0.05, 0.1) is 15.9 Å². The number of fused-ring (bicyclic) bond motifs is 6. The molecule has 11 rings (SSSR count). The molecule has 0 amide bonds. The number of furan rings is 1. The van der Waals surface area contributed by atoms with E-state index in [4.69, 9.17) is 29.3 Å². The molecule has 56 heavy (non-hydrogen) atoms. The van der Waals surface area contributed by atoms with Gasteiger partial charge in [0.2, 0.25) is 0 Å². The van der Waals surface area contributed by atoms with Gasteiger partial charge in [-0.1, -0.05) is 140 Å². The second kappa shape index (κ2) is 13.2. The van der Waals surface area contributed by atoms with Crippen molar-refractivity contribution >= 4 is 53.6 Å². The molecule has 6 nitrogen and oxygen atoms in total. The Morgan fingerprint density at radius 2 is 0.875 bits per heavy atom. The molecule has 0 N–H and O–H groups in total. The molecular weight excluding hydrogens is 707 g/mol. The molecule has 0 fully saturated rings. The second-order valence-corrected chi connectivity index (χ2v) is 14.7. The molecule has 0 spiro atoms. The van der Waals surface area contributed by atoms with Crippen molar-refractivity contribution in [3.05, 3.63) is 176 Å². The molecule has 0 bridgehead atoms. The first-order chi connectivity index (χ1) is 27.7. The van der Waals surface area contributed by atoms with Crippen LogP contribution in [0.3, 0.4) is 0 Å². The van der Waals surface area contributed by atoms with E-state index >= 15 is 0 Å². The van der Waals surface area contributed by atoms with Crippen LogP contribution < -0.4 is 0 Å². The minimum Gasteiger partial charge on any atom is -0.456 e. The van der Waals surface area contributed by atoms with Crippen molar-refractivity contribution < 1.29 is 4.42 Å². The van der Waals surface area contributed by atoms with Crippen LogP contribution in [-0.4, -0.2) is 24.9 Å². The molecule has 0 aliphatic rings. The molecule has 0 aliphatic carbocycles. The summed E-state index contributed by atoms with van der Waals surface area (Å²) in [5.41, 5.74) is 10.5. The van der Waals surface area contributed by atoms with Gasteiger partial charge in [0.1, 0.15) is 11.2 Å². The Morgan fingerprint density at radius 3 is 1.57 bits per heavy atom. The van der Waals surface area contributed by atoms with Gasteiger partial charge in [0, 0.05) is 48.7 Å². The van der Waals surface area contributed by atoms with E-state index in [9.17, 15) is 0 Å². The average Bonchev–Trinajstić information content (AvgIpc) is 3.84. The Hall–Kier alpha value is -7.35. The molecule has 4 heterocycles. The SMILES string of the molecule is c1ccc(-c2nc(-c3ccccc3)nc(-c3ccc4oc5cc(-c6ccc(-c7nc(-c8ccccc8)c8sc9ccccc9c8n7)cc6)ccc5c4c3)n2)cc1. The van der Waals surface area contributed by atoms with Crippen molar-refractivity contribution in [2.24, 2.45) is 0 Å². The second-order valence-electron chi connectivity index (χ2n) is 13.7. The summed E-state index contributed by atoms with van der Waals surface area (Å²) in [4.78, 5) is 25.0. The van der Waals surface area contributed by atoms with Gasteiger partial charge in [-0.25, -0.2) is 24.9 Å².